The van der Waals surface area contributed by atoms with E-state index in [1.165, 1.54) is 5.56 Å². The molecule has 0 atom stereocenters. The minimum atomic E-state index is -0.141. The number of carbonyl (C=O) groups excluding carboxylic acids is 1. The molecule has 1 aromatic carbocycles. The molecular formula is C21H24N4O2. The van der Waals surface area contributed by atoms with Crippen LogP contribution in [-0.4, -0.2) is 33.8 Å². The number of rotatable bonds is 4. The Morgan fingerprint density at radius 3 is 2.70 bits per heavy atom. The Hall–Kier alpha value is -2.89. The number of benzene rings is 1. The van der Waals surface area contributed by atoms with Crippen molar-refractivity contribution in [2.45, 2.75) is 44.7 Å². The molecule has 1 aliphatic carbocycles. The van der Waals surface area contributed by atoms with Gasteiger partial charge in [0, 0.05) is 23.7 Å². The number of hydrogen-bond acceptors (Lipinski definition) is 4. The fraction of sp³-hybridized carbons (Fsp3) is 0.381. The van der Waals surface area contributed by atoms with Crippen molar-refractivity contribution >= 4 is 16.8 Å². The quantitative estimate of drug-likeness (QED) is 0.767. The molecule has 4 rings (SSSR count). The van der Waals surface area contributed by atoms with Crippen LogP contribution in [0.3, 0.4) is 0 Å². The van der Waals surface area contributed by atoms with Gasteiger partial charge < -0.3 is 10.1 Å². The predicted molar refractivity (Wildman–Crippen MR) is 104 cm³/mol. The van der Waals surface area contributed by atoms with Gasteiger partial charge in [-0.25, -0.2) is 4.98 Å². The number of aromatic nitrogens is 3. The maximum atomic E-state index is 12.7. The van der Waals surface area contributed by atoms with Crippen LogP contribution >= 0.6 is 0 Å². The molecule has 1 saturated carbocycles. The second-order valence-electron chi connectivity index (χ2n) is 7.20. The number of amides is 1. The number of carbonyl (C=O) groups is 1. The number of hydrogen-bond donors (Lipinski definition) is 1. The minimum Gasteiger partial charge on any atom is -0.496 e. The summed E-state index contributed by atoms with van der Waals surface area (Å²) in [5, 5.41) is 8.48. The number of fused-ring (bicyclic) bond motifs is 1. The highest BCUT2D eigenvalue weighted by molar-refractivity contribution is 5.97. The standard InChI is InChI=1S/C21H24N4O2/c1-14-12-22-25(13-14)16-9-7-15(8-10-16)23-21(26)19-11-20(27-2)17-5-3-4-6-18(17)24-19/h3-6,11-13,15-16H,7-10H2,1-2H3,(H,23,26). The van der Waals surface area contributed by atoms with Crippen LogP contribution in [-0.2, 0) is 0 Å². The van der Waals surface area contributed by atoms with Crippen LogP contribution in [0.2, 0.25) is 0 Å². The Labute approximate surface area is 158 Å². The lowest BCUT2D eigenvalue weighted by Crippen LogP contribution is -2.38. The minimum absolute atomic E-state index is 0.141. The van der Waals surface area contributed by atoms with Gasteiger partial charge in [-0.3, -0.25) is 9.48 Å². The van der Waals surface area contributed by atoms with E-state index in [1.807, 2.05) is 30.5 Å². The SMILES string of the molecule is COc1cc(C(=O)NC2CCC(n3cc(C)cn3)CC2)nc2ccccc12. The maximum absolute atomic E-state index is 12.7. The molecule has 6 heteroatoms. The summed E-state index contributed by atoms with van der Waals surface area (Å²) in [6, 6.07) is 10.00. The van der Waals surface area contributed by atoms with E-state index in [9.17, 15) is 4.79 Å². The average Bonchev–Trinajstić information content (AvgIpc) is 3.14. The van der Waals surface area contributed by atoms with Gasteiger partial charge in [-0.15, -0.1) is 0 Å². The number of para-hydroxylation sites is 1. The lowest BCUT2D eigenvalue weighted by Gasteiger charge is -2.29. The second kappa shape index (κ2) is 7.39. The van der Waals surface area contributed by atoms with Crippen molar-refractivity contribution < 1.29 is 9.53 Å². The Morgan fingerprint density at radius 1 is 1.22 bits per heavy atom. The summed E-state index contributed by atoms with van der Waals surface area (Å²) in [6.07, 6.45) is 7.91. The lowest BCUT2D eigenvalue weighted by molar-refractivity contribution is 0.0916. The van der Waals surface area contributed by atoms with Gasteiger partial charge in [0.15, 0.2) is 0 Å². The van der Waals surface area contributed by atoms with E-state index in [4.69, 9.17) is 4.74 Å². The topological polar surface area (TPSA) is 69.0 Å². The zero-order valence-electron chi connectivity index (χ0n) is 15.7. The van der Waals surface area contributed by atoms with Crippen LogP contribution in [0.25, 0.3) is 10.9 Å². The summed E-state index contributed by atoms with van der Waals surface area (Å²) in [6.45, 7) is 2.06. The molecule has 1 N–H and O–H groups in total. The van der Waals surface area contributed by atoms with Crippen LogP contribution in [0, 0.1) is 6.92 Å². The number of nitrogens with one attached hydrogen (secondary N) is 1. The zero-order valence-corrected chi connectivity index (χ0v) is 15.7. The highest BCUT2D eigenvalue weighted by atomic mass is 16.5. The monoisotopic (exact) mass is 364 g/mol. The fourth-order valence-corrected chi connectivity index (χ4v) is 3.81. The van der Waals surface area contributed by atoms with E-state index in [-0.39, 0.29) is 11.9 Å². The second-order valence-corrected chi connectivity index (χ2v) is 7.20. The molecule has 2 aromatic heterocycles. The molecule has 0 aliphatic heterocycles. The Bertz CT molecular complexity index is 958. The highest BCUT2D eigenvalue weighted by Crippen LogP contribution is 2.29. The molecule has 1 fully saturated rings. The number of methoxy groups -OCH3 is 1. The summed E-state index contributed by atoms with van der Waals surface area (Å²) < 4.78 is 7.50. The molecule has 2 heterocycles. The van der Waals surface area contributed by atoms with Crippen LogP contribution in [0.15, 0.2) is 42.7 Å². The van der Waals surface area contributed by atoms with Crippen molar-refractivity contribution in [1.82, 2.24) is 20.1 Å². The smallest absolute Gasteiger partial charge is 0.270 e. The van der Waals surface area contributed by atoms with Crippen molar-refractivity contribution in [2.75, 3.05) is 7.11 Å². The summed E-state index contributed by atoms with van der Waals surface area (Å²) in [4.78, 5) is 17.2. The normalized spacial score (nSPS) is 19.8. The molecule has 6 nitrogen and oxygen atoms in total. The van der Waals surface area contributed by atoms with Crippen LogP contribution in [0.4, 0.5) is 0 Å². The fourth-order valence-electron chi connectivity index (χ4n) is 3.81. The summed E-state index contributed by atoms with van der Waals surface area (Å²) in [5.41, 5.74) is 2.34. The van der Waals surface area contributed by atoms with Crippen molar-refractivity contribution in [3.63, 3.8) is 0 Å². The molecule has 0 saturated heterocycles. The number of ether oxygens (including phenoxy) is 1. The van der Waals surface area contributed by atoms with Gasteiger partial charge in [0.2, 0.25) is 0 Å². The molecule has 0 spiro atoms. The van der Waals surface area contributed by atoms with Crippen molar-refractivity contribution in [1.29, 1.82) is 0 Å². The Balaban J connectivity index is 1.43. The van der Waals surface area contributed by atoms with E-state index in [0.717, 1.165) is 36.6 Å². The highest BCUT2D eigenvalue weighted by Gasteiger charge is 2.25. The third kappa shape index (κ3) is 3.65. The van der Waals surface area contributed by atoms with Gasteiger partial charge in [-0.05, 0) is 50.3 Å². The Kier molecular flexibility index (Phi) is 4.79. The summed E-state index contributed by atoms with van der Waals surface area (Å²) in [7, 11) is 1.61. The van der Waals surface area contributed by atoms with E-state index >= 15 is 0 Å². The molecule has 0 radical (unpaired) electrons. The lowest BCUT2D eigenvalue weighted by atomic mass is 9.91. The van der Waals surface area contributed by atoms with Gasteiger partial charge in [-0.2, -0.15) is 5.10 Å². The van der Waals surface area contributed by atoms with E-state index in [1.54, 1.807) is 13.2 Å². The first-order valence-electron chi connectivity index (χ1n) is 9.39. The molecule has 1 amide bonds. The molecule has 140 valence electrons. The van der Waals surface area contributed by atoms with Gasteiger partial charge in [0.1, 0.15) is 11.4 Å². The molecule has 0 bridgehead atoms. The number of aryl methyl sites for hydroxylation is 1. The van der Waals surface area contributed by atoms with Gasteiger partial charge in [0.05, 0.1) is 24.9 Å². The predicted octanol–water partition coefficient (Wildman–Crippen LogP) is 3.66. The first-order valence-corrected chi connectivity index (χ1v) is 9.39. The first kappa shape index (κ1) is 17.5. The third-order valence-corrected chi connectivity index (χ3v) is 5.27. The van der Waals surface area contributed by atoms with Crippen LogP contribution < -0.4 is 10.1 Å². The first-order chi connectivity index (χ1) is 13.1. The summed E-state index contributed by atoms with van der Waals surface area (Å²) in [5.74, 6) is 0.529. The molecule has 1 aliphatic rings. The number of nitrogens with zero attached hydrogens (tertiary/aromatic N) is 3. The zero-order chi connectivity index (χ0) is 18.8. The maximum Gasteiger partial charge on any atom is 0.270 e. The van der Waals surface area contributed by atoms with Gasteiger partial charge in [0.25, 0.3) is 5.91 Å². The van der Waals surface area contributed by atoms with Crippen LogP contribution in [0.5, 0.6) is 5.75 Å². The average molecular weight is 364 g/mol. The Morgan fingerprint density at radius 2 is 2.00 bits per heavy atom. The molecule has 27 heavy (non-hydrogen) atoms. The van der Waals surface area contributed by atoms with Crippen LogP contribution in [0.1, 0.15) is 47.8 Å². The van der Waals surface area contributed by atoms with Crippen molar-refractivity contribution in [3.8, 4) is 5.75 Å². The summed E-state index contributed by atoms with van der Waals surface area (Å²) >= 11 is 0. The molecular weight excluding hydrogens is 340 g/mol. The van der Waals surface area contributed by atoms with E-state index in [2.05, 4.69) is 33.2 Å². The third-order valence-electron chi connectivity index (χ3n) is 5.27. The van der Waals surface area contributed by atoms with Gasteiger partial charge >= 0.3 is 0 Å². The van der Waals surface area contributed by atoms with Crippen molar-refractivity contribution in [2.24, 2.45) is 0 Å². The van der Waals surface area contributed by atoms with Crippen molar-refractivity contribution in [3.05, 3.63) is 54.0 Å². The van der Waals surface area contributed by atoms with Gasteiger partial charge in [-0.1, -0.05) is 12.1 Å². The van der Waals surface area contributed by atoms with E-state index < -0.39 is 0 Å². The molecule has 0 unspecified atom stereocenters. The molecule has 3 aromatic rings. The largest absolute Gasteiger partial charge is 0.496 e. The van der Waals surface area contributed by atoms with E-state index in [0.29, 0.717) is 17.5 Å². The number of pyridine rings is 1.